The highest BCUT2D eigenvalue weighted by Crippen LogP contribution is 2.26. The third-order valence-corrected chi connectivity index (χ3v) is 3.45. The van der Waals surface area contributed by atoms with Crippen LogP contribution in [0.15, 0.2) is 30.3 Å². The van der Waals surface area contributed by atoms with Crippen molar-refractivity contribution in [3.05, 3.63) is 35.9 Å². The fourth-order valence-electron chi connectivity index (χ4n) is 1.99. The predicted molar refractivity (Wildman–Crippen MR) is 68.6 cm³/mol. The molecule has 3 N–H and O–H groups in total. The average molecular weight is 289 g/mol. The number of ether oxygens (including phenoxy) is 2. The zero-order chi connectivity index (χ0) is 13.8. The molecule has 1 aliphatic rings. The Morgan fingerprint density at radius 3 is 2.47 bits per heavy atom. The summed E-state index contributed by atoms with van der Waals surface area (Å²) in [6, 6.07) is 9.41. The first-order valence-electron chi connectivity index (χ1n) is 6.05. The largest absolute Gasteiger partial charge is 0.394 e. The molecule has 106 valence electrons. The molecule has 0 bridgehead atoms. The van der Waals surface area contributed by atoms with Gasteiger partial charge in [0, 0.05) is 0 Å². The monoisotopic (exact) mass is 288 g/mol. The first-order chi connectivity index (χ1) is 9.13. The first kappa shape index (κ1) is 14.7. The van der Waals surface area contributed by atoms with E-state index in [0.717, 1.165) is 5.56 Å². The molecule has 19 heavy (non-hydrogen) atoms. The van der Waals surface area contributed by atoms with Crippen LogP contribution in [0.1, 0.15) is 5.56 Å². The number of aliphatic hydroxyl groups is 3. The maximum atomic E-state index is 9.94. The highest BCUT2D eigenvalue weighted by Gasteiger charge is 2.44. The molecule has 2 rings (SSSR count). The summed E-state index contributed by atoms with van der Waals surface area (Å²) >= 11 is 5.95. The van der Waals surface area contributed by atoms with Crippen LogP contribution in [0.3, 0.4) is 0 Å². The summed E-state index contributed by atoms with van der Waals surface area (Å²) in [5, 5.41) is 28.7. The fourth-order valence-corrected chi connectivity index (χ4v) is 2.34. The van der Waals surface area contributed by atoms with Gasteiger partial charge in [0.15, 0.2) is 5.56 Å². The van der Waals surface area contributed by atoms with Gasteiger partial charge < -0.3 is 24.8 Å². The van der Waals surface area contributed by atoms with E-state index in [2.05, 4.69) is 0 Å². The average Bonchev–Trinajstić information content (AvgIpc) is 2.44. The lowest BCUT2D eigenvalue weighted by atomic mass is 10.0. The van der Waals surface area contributed by atoms with Crippen LogP contribution in [-0.2, 0) is 16.1 Å². The van der Waals surface area contributed by atoms with Gasteiger partial charge in [-0.2, -0.15) is 0 Å². The maximum Gasteiger partial charge on any atom is 0.160 e. The zero-order valence-electron chi connectivity index (χ0n) is 10.2. The lowest BCUT2D eigenvalue weighted by Gasteiger charge is -2.39. The van der Waals surface area contributed by atoms with E-state index >= 15 is 0 Å². The molecule has 6 heteroatoms. The second-order valence-corrected chi connectivity index (χ2v) is 4.88. The van der Waals surface area contributed by atoms with Crippen LogP contribution < -0.4 is 0 Å². The van der Waals surface area contributed by atoms with Crippen molar-refractivity contribution < 1.29 is 24.8 Å². The number of halogens is 1. The smallest absolute Gasteiger partial charge is 0.160 e. The van der Waals surface area contributed by atoms with E-state index < -0.39 is 36.6 Å². The van der Waals surface area contributed by atoms with Gasteiger partial charge in [0.05, 0.1) is 13.2 Å². The first-order valence-corrected chi connectivity index (χ1v) is 6.49. The van der Waals surface area contributed by atoms with Gasteiger partial charge in [0.25, 0.3) is 0 Å². The summed E-state index contributed by atoms with van der Waals surface area (Å²) in [6.45, 7) is -0.154. The normalized spacial score (nSPS) is 35.3. The van der Waals surface area contributed by atoms with Crippen LogP contribution in [0.2, 0.25) is 0 Å². The molecular weight excluding hydrogens is 272 g/mol. The number of hydrogen-bond acceptors (Lipinski definition) is 5. The summed E-state index contributed by atoms with van der Waals surface area (Å²) in [6.07, 6.45) is -4.16. The Morgan fingerprint density at radius 1 is 1.16 bits per heavy atom. The maximum absolute atomic E-state index is 9.94. The number of alkyl halides is 1. The van der Waals surface area contributed by atoms with Crippen LogP contribution in [0, 0.1) is 0 Å². The van der Waals surface area contributed by atoms with Gasteiger partial charge in [-0.1, -0.05) is 41.9 Å². The summed E-state index contributed by atoms with van der Waals surface area (Å²) in [5.41, 5.74) is 0.0107. The molecule has 0 saturated carbocycles. The number of aliphatic hydroxyl groups excluding tert-OH is 3. The van der Waals surface area contributed by atoms with Crippen LogP contribution >= 0.6 is 11.6 Å². The molecule has 1 aliphatic heterocycles. The van der Waals surface area contributed by atoms with Crippen molar-refractivity contribution in [2.24, 2.45) is 0 Å². The molecule has 0 radical (unpaired) electrons. The van der Waals surface area contributed by atoms with Crippen molar-refractivity contribution in [2.75, 3.05) is 6.61 Å². The molecule has 0 unspecified atom stereocenters. The third kappa shape index (κ3) is 3.45. The Balaban J connectivity index is 1.96. The summed E-state index contributed by atoms with van der Waals surface area (Å²) in [5.74, 6) is 0. The molecular formula is C13H17ClO5. The third-order valence-electron chi connectivity index (χ3n) is 3.10. The Labute approximate surface area is 116 Å². The van der Waals surface area contributed by atoms with Crippen LogP contribution in [-0.4, -0.2) is 51.9 Å². The summed E-state index contributed by atoms with van der Waals surface area (Å²) in [7, 11) is 0. The highest BCUT2D eigenvalue weighted by molar-refractivity contribution is 6.20. The van der Waals surface area contributed by atoms with Crippen molar-refractivity contribution in [1.82, 2.24) is 0 Å². The minimum Gasteiger partial charge on any atom is -0.394 e. The summed E-state index contributed by atoms with van der Waals surface area (Å²) < 4.78 is 10.7. The molecule has 0 aliphatic carbocycles. The van der Waals surface area contributed by atoms with E-state index in [0.29, 0.717) is 0 Å². The topological polar surface area (TPSA) is 79.2 Å². The van der Waals surface area contributed by atoms with E-state index in [1.807, 2.05) is 30.3 Å². The van der Waals surface area contributed by atoms with Gasteiger partial charge in [-0.3, -0.25) is 0 Å². The number of hydrogen-bond donors (Lipinski definition) is 3. The molecule has 5 nitrogen and oxygen atoms in total. The predicted octanol–water partition coefficient (Wildman–Crippen LogP) is 0.250. The van der Waals surface area contributed by atoms with Gasteiger partial charge in [0.2, 0.25) is 0 Å². The molecule has 0 spiro atoms. The van der Waals surface area contributed by atoms with Crippen molar-refractivity contribution in [3.63, 3.8) is 0 Å². The molecule has 1 heterocycles. The van der Waals surface area contributed by atoms with Crippen LogP contribution in [0.25, 0.3) is 0 Å². The Hall–Kier alpha value is -0.690. The Bertz CT molecular complexity index is 388. The molecule has 0 amide bonds. The zero-order valence-corrected chi connectivity index (χ0v) is 11.0. The van der Waals surface area contributed by atoms with Crippen LogP contribution in [0.5, 0.6) is 0 Å². The van der Waals surface area contributed by atoms with Crippen molar-refractivity contribution in [2.45, 2.75) is 36.6 Å². The SMILES string of the molecule is OC[C@H]1O[C@H](Cl)[C@@H](OCc2ccccc2)[C@@H](O)[C@@H]1O. The van der Waals surface area contributed by atoms with Crippen molar-refractivity contribution in [3.8, 4) is 0 Å². The Kier molecular flexibility index (Phi) is 5.15. The lowest BCUT2D eigenvalue weighted by Crippen LogP contribution is -2.57. The van der Waals surface area contributed by atoms with E-state index in [-0.39, 0.29) is 6.61 Å². The molecule has 1 saturated heterocycles. The fraction of sp³-hybridized carbons (Fsp3) is 0.538. The van der Waals surface area contributed by atoms with Gasteiger partial charge in [-0.05, 0) is 5.56 Å². The minimum atomic E-state index is -1.22. The second-order valence-electron chi connectivity index (χ2n) is 4.45. The molecule has 1 fully saturated rings. The van der Waals surface area contributed by atoms with Gasteiger partial charge in [-0.25, -0.2) is 0 Å². The van der Waals surface area contributed by atoms with Crippen LogP contribution in [0.4, 0.5) is 0 Å². The number of rotatable bonds is 4. The van der Waals surface area contributed by atoms with Gasteiger partial charge >= 0.3 is 0 Å². The molecule has 5 atom stereocenters. The van der Waals surface area contributed by atoms with Crippen molar-refractivity contribution >= 4 is 11.6 Å². The molecule has 1 aromatic rings. The highest BCUT2D eigenvalue weighted by atomic mass is 35.5. The Morgan fingerprint density at radius 2 is 1.84 bits per heavy atom. The molecule has 1 aromatic carbocycles. The standard InChI is InChI=1S/C13H17ClO5/c14-13-12(11(17)10(16)9(6-15)19-13)18-7-8-4-2-1-3-5-8/h1-5,9-13,15-17H,6-7H2/t9-,10-,11+,12+,13+/m1/s1. The van der Waals surface area contributed by atoms with E-state index in [9.17, 15) is 10.2 Å². The second kappa shape index (κ2) is 6.65. The lowest BCUT2D eigenvalue weighted by molar-refractivity contribution is -0.223. The van der Waals surface area contributed by atoms with E-state index in [1.165, 1.54) is 0 Å². The van der Waals surface area contributed by atoms with E-state index in [1.54, 1.807) is 0 Å². The van der Waals surface area contributed by atoms with Gasteiger partial charge in [-0.15, -0.1) is 0 Å². The summed E-state index contributed by atoms with van der Waals surface area (Å²) in [4.78, 5) is 0. The quantitative estimate of drug-likeness (QED) is 0.692. The molecule has 0 aromatic heterocycles. The van der Waals surface area contributed by atoms with Gasteiger partial charge in [0.1, 0.15) is 24.4 Å². The van der Waals surface area contributed by atoms with Crippen molar-refractivity contribution in [1.29, 1.82) is 0 Å². The minimum absolute atomic E-state index is 0.256. The van der Waals surface area contributed by atoms with E-state index in [4.69, 9.17) is 26.2 Å². The number of benzene rings is 1.